The Morgan fingerprint density at radius 3 is 2.57 bits per heavy atom. The number of hydrogen-bond donors (Lipinski definition) is 0. The van der Waals surface area contributed by atoms with Gasteiger partial charge >= 0.3 is 0 Å². The Morgan fingerprint density at radius 2 is 2.00 bits per heavy atom. The van der Waals surface area contributed by atoms with E-state index in [9.17, 15) is 0 Å². The molecule has 0 aliphatic carbocycles. The van der Waals surface area contributed by atoms with Gasteiger partial charge in [-0.2, -0.15) is 0 Å². The van der Waals surface area contributed by atoms with Crippen LogP contribution < -0.4 is 0 Å². The van der Waals surface area contributed by atoms with E-state index in [2.05, 4.69) is 16.8 Å². The summed E-state index contributed by atoms with van der Waals surface area (Å²) in [5.41, 5.74) is 2.03. The van der Waals surface area contributed by atoms with E-state index >= 15 is 0 Å². The van der Waals surface area contributed by atoms with Gasteiger partial charge in [-0.25, -0.2) is 4.98 Å². The Kier molecular flexibility index (Phi) is 2.33. The van der Waals surface area contributed by atoms with Crippen LogP contribution in [0.2, 0.25) is 0 Å². The molecule has 0 saturated carbocycles. The van der Waals surface area contributed by atoms with Crippen molar-refractivity contribution in [2.75, 3.05) is 0 Å². The van der Waals surface area contributed by atoms with Gasteiger partial charge in [0.2, 0.25) is 0 Å². The summed E-state index contributed by atoms with van der Waals surface area (Å²) in [5, 5.41) is 0. The van der Waals surface area contributed by atoms with Crippen molar-refractivity contribution in [3.05, 3.63) is 42.4 Å². The minimum absolute atomic E-state index is 0.779. The standard InChI is InChI=1S/C12H9NO/c1-2-3-10-4-6-11(7-5-10)12-8-13-9-14-12/h4-9H,1H3. The normalized spacial score (nSPS) is 9.21. The Hall–Kier alpha value is -2.01. The average Bonchev–Trinajstić information content (AvgIpc) is 2.72. The molecule has 1 aromatic carbocycles. The Balaban J connectivity index is 2.34. The van der Waals surface area contributed by atoms with E-state index in [0.717, 1.165) is 16.9 Å². The quantitative estimate of drug-likeness (QED) is 0.635. The van der Waals surface area contributed by atoms with Crippen LogP contribution in [0.3, 0.4) is 0 Å². The van der Waals surface area contributed by atoms with Crippen LogP contribution in [-0.2, 0) is 0 Å². The minimum atomic E-state index is 0.779. The van der Waals surface area contributed by atoms with E-state index in [1.807, 2.05) is 31.2 Å². The highest BCUT2D eigenvalue weighted by Gasteiger charge is 1.99. The molecule has 0 N–H and O–H groups in total. The topological polar surface area (TPSA) is 26.0 Å². The molecule has 0 amide bonds. The maximum absolute atomic E-state index is 5.17. The van der Waals surface area contributed by atoms with E-state index in [-0.39, 0.29) is 0 Å². The fourth-order valence-corrected chi connectivity index (χ4v) is 1.22. The molecule has 0 fully saturated rings. The first-order chi connectivity index (χ1) is 6.90. The van der Waals surface area contributed by atoms with Crippen molar-refractivity contribution in [2.24, 2.45) is 0 Å². The fraction of sp³-hybridized carbons (Fsp3) is 0.0833. The number of rotatable bonds is 1. The third-order valence-electron chi connectivity index (χ3n) is 1.87. The molecule has 0 aliphatic rings. The molecule has 0 unspecified atom stereocenters. The number of nitrogens with zero attached hydrogens (tertiary/aromatic N) is 1. The molecule has 68 valence electrons. The first kappa shape index (κ1) is 8.58. The SMILES string of the molecule is CC#Cc1ccc(-c2cnco2)cc1. The average molecular weight is 183 g/mol. The summed E-state index contributed by atoms with van der Waals surface area (Å²) in [6.07, 6.45) is 3.12. The molecule has 1 aromatic heterocycles. The fourth-order valence-electron chi connectivity index (χ4n) is 1.22. The Bertz CT molecular complexity index is 457. The minimum Gasteiger partial charge on any atom is -0.444 e. The first-order valence-corrected chi connectivity index (χ1v) is 4.32. The van der Waals surface area contributed by atoms with Crippen LogP contribution >= 0.6 is 0 Å². The predicted molar refractivity (Wildman–Crippen MR) is 54.5 cm³/mol. The lowest BCUT2D eigenvalue weighted by Crippen LogP contribution is -1.76. The van der Waals surface area contributed by atoms with Gasteiger partial charge in [0.15, 0.2) is 12.2 Å². The van der Waals surface area contributed by atoms with Gasteiger partial charge in [-0.15, -0.1) is 5.92 Å². The van der Waals surface area contributed by atoms with Crippen molar-refractivity contribution in [1.29, 1.82) is 0 Å². The Morgan fingerprint density at radius 1 is 1.21 bits per heavy atom. The van der Waals surface area contributed by atoms with E-state index in [4.69, 9.17) is 4.42 Å². The van der Waals surface area contributed by atoms with Gasteiger partial charge in [0.05, 0.1) is 6.20 Å². The maximum atomic E-state index is 5.17. The van der Waals surface area contributed by atoms with E-state index in [0.29, 0.717) is 0 Å². The molecule has 0 aliphatic heterocycles. The predicted octanol–water partition coefficient (Wildman–Crippen LogP) is 2.71. The molecule has 0 spiro atoms. The van der Waals surface area contributed by atoms with Gasteiger partial charge < -0.3 is 4.42 Å². The third kappa shape index (κ3) is 1.67. The molecule has 0 atom stereocenters. The largest absolute Gasteiger partial charge is 0.444 e. The molecular formula is C12H9NO. The zero-order valence-corrected chi connectivity index (χ0v) is 7.82. The lowest BCUT2D eigenvalue weighted by Gasteiger charge is -1.95. The monoisotopic (exact) mass is 183 g/mol. The molecule has 2 rings (SSSR count). The van der Waals surface area contributed by atoms with Crippen LogP contribution in [0.25, 0.3) is 11.3 Å². The molecule has 14 heavy (non-hydrogen) atoms. The smallest absolute Gasteiger partial charge is 0.181 e. The molecule has 1 heterocycles. The summed E-state index contributed by atoms with van der Waals surface area (Å²) in [4.78, 5) is 3.86. The van der Waals surface area contributed by atoms with E-state index in [1.165, 1.54) is 6.39 Å². The van der Waals surface area contributed by atoms with Crippen molar-refractivity contribution in [2.45, 2.75) is 6.92 Å². The molecule has 2 aromatic rings. The van der Waals surface area contributed by atoms with Crippen LogP contribution in [0.15, 0.2) is 41.3 Å². The summed E-state index contributed by atoms with van der Waals surface area (Å²) in [6.45, 7) is 1.82. The second-order valence-corrected chi connectivity index (χ2v) is 2.82. The second-order valence-electron chi connectivity index (χ2n) is 2.82. The lowest BCUT2D eigenvalue weighted by atomic mass is 10.1. The number of hydrogen-bond acceptors (Lipinski definition) is 2. The molecule has 2 heteroatoms. The van der Waals surface area contributed by atoms with Crippen LogP contribution in [0.1, 0.15) is 12.5 Å². The van der Waals surface area contributed by atoms with Crippen LogP contribution in [0, 0.1) is 11.8 Å². The van der Waals surface area contributed by atoms with Crippen molar-refractivity contribution >= 4 is 0 Å². The molecule has 0 bridgehead atoms. The summed E-state index contributed by atoms with van der Waals surface area (Å²) in [7, 11) is 0. The highest BCUT2D eigenvalue weighted by molar-refractivity contribution is 5.57. The molecular weight excluding hydrogens is 174 g/mol. The van der Waals surface area contributed by atoms with Gasteiger partial charge in [-0.1, -0.05) is 5.92 Å². The van der Waals surface area contributed by atoms with Crippen LogP contribution in [0.5, 0.6) is 0 Å². The van der Waals surface area contributed by atoms with Crippen molar-refractivity contribution in [1.82, 2.24) is 4.98 Å². The van der Waals surface area contributed by atoms with Crippen molar-refractivity contribution in [3.8, 4) is 23.2 Å². The summed E-state index contributed by atoms with van der Waals surface area (Å²) >= 11 is 0. The summed E-state index contributed by atoms with van der Waals surface area (Å²) < 4.78 is 5.17. The van der Waals surface area contributed by atoms with Crippen molar-refractivity contribution in [3.63, 3.8) is 0 Å². The highest BCUT2D eigenvalue weighted by atomic mass is 16.3. The van der Waals surface area contributed by atoms with Crippen molar-refractivity contribution < 1.29 is 4.42 Å². The summed E-state index contributed by atoms with van der Waals surface area (Å²) in [6, 6.07) is 7.88. The van der Waals surface area contributed by atoms with E-state index < -0.39 is 0 Å². The van der Waals surface area contributed by atoms with Gasteiger partial charge in [-0.05, 0) is 31.2 Å². The van der Waals surface area contributed by atoms with Crippen LogP contribution in [-0.4, -0.2) is 4.98 Å². The maximum Gasteiger partial charge on any atom is 0.181 e. The number of aromatic nitrogens is 1. The highest BCUT2D eigenvalue weighted by Crippen LogP contribution is 2.18. The number of benzene rings is 1. The van der Waals surface area contributed by atoms with Gasteiger partial charge in [0.1, 0.15) is 0 Å². The molecule has 2 nitrogen and oxygen atoms in total. The molecule has 0 radical (unpaired) electrons. The lowest BCUT2D eigenvalue weighted by molar-refractivity contribution is 0.572. The zero-order chi connectivity index (χ0) is 9.80. The summed E-state index contributed by atoms with van der Waals surface area (Å²) in [5.74, 6) is 6.61. The number of oxazole rings is 1. The van der Waals surface area contributed by atoms with E-state index in [1.54, 1.807) is 6.20 Å². The second kappa shape index (κ2) is 3.80. The van der Waals surface area contributed by atoms with Gasteiger partial charge in [0, 0.05) is 11.1 Å². The zero-order valence-electron chi connectivity index (χ0n) is 7.82. The van der Waals surface area contributed by atoms with Gasteiger partial charge in [-0.3, -0.25) is 0 Å². The third-order valence-corrected chi connectivity index (χ3v) is 1.87. The van der Waals surface area contributed by atoms with Gasteiger partial charge in [0.25, 0.3) is 0 Å². The molecule has 0 saturated heterocycles. The van der Waals surface area contributed by atoms with Crippen LogP contribution in [0.4, 0.5) is 0 Å². The first-order valence-electron chi connectivity index (χ1n) is 4.32. The Labute approximate surface area is 82.6 Å².